The highest BCUT2D eigenvalue weighted by molar-refractivity contribution is 7.86. The van der Waals surface area contributed by atoms with E-state index in [-0.39, 0.29) is 4.88 Å². The molecule has 0 unspecified atom stereocenters. The van der Waals surface area contributed by atoms with Crippen LogP contribution in [-0.4, -0.2) is 24.0 Å². The van der Waals surface area contributed by atoms with Crippen molar-refractivity contribution >= 4 is 27.4 Å². The zero-order valence-electron chi connectivity index (χ0n) is 6.51. The van der Waals surface area contributed by atoms with Crippen LogP contribution in [0.5, 0.6) is 0 Å². The average Bonchev–Trinajstić information content (AvgIpc) is 2.29. The molecule has 72 valence electrons. The zero-order chi connectivity index (χ0) is 10.2. The molecule has 1 rings (SSSR count). The van der Waals surface area contributed by atoms with Crippen LogP contribution in [0.4, 0.5) is 0 Å². The van der Waals surface area contributed by atoms with Crippen LogP contribution >= 0.6 is 11.3 Å². The summed E-state index contributed by atoms with van der Waals surface area (Å²) < 4.78 is 30.0. The molecule has 5 nitrogen and oxygen atoms in total. The minimum atomic E-state index is -4.43. The molecule has 1 aromatic rings. The molecule has 0 aliphatic rings. The Kier molecular flexibility index (Phi) is 2.42. The Bertz CT molecular complexity index is 442. The van der Waals surface area contributed by atoms with Gasteiger partial charge in [0, 0.05) is 4.88 Å². The van der Waals surface area contributed by atoms with Crippen molar-refractivity contribution in [1.29, 1.82) is 0 Å². The second kappa shape index (κ2) is 3.09. The highest BCUT2D eigenvalue weighted by Gasteiger charge is 2.22. The molecule has 7 heteroatoms. The van der Waals surface area contributed by atoms with Crippen LogP contribution in [0.15, 0.2) is 11.0 Å². The van der Waals surface area contributed by atoms with Crippen molar-refractivity contribution < 1.29 is 22.9 Å². The molecule has 0 aliphatic carbocycles. The summed E-state index contributed by atoms with van der Waals surface area (Å²) in [5, 5.41) is 8.58. The molecule has 0 saturated carbocycles. The van der Waals surface area contributed by atoms with Crippen LogP contribution in [0, 0.1) is 6.92 Å². The molecule has 0 aliphatic heterocycles. The first-order valence-corrected chi connectivity index (χ1v) is 5.39. The Morgan fingerprint density at radius 3 is 2.38 bits per heavy atom. The van der Waals surface area contributed by atoms with Crippen LogP contribution < -0.4 is 0 Å². The molecular weight excluding hydrogens is 216 g/mol. The van der Waals surface area contributed by atoms with Gasteiger partial charge in [-0.3, -0.25) is 4.55 Å². The third-order valence-corrected chi connectivity index (χ3v) is 3.34. The van der Waals surface area contributed by atoms with E-state index in [2.05, 4.69) is 0 Å². The van der Waals surface area contributed by atoms with E-state index in [1.54, 1.807) is 6.92 Å². The fourth-order valence-electron chi connectivity index (χ4n) is 0.832. The molecular formula is C6H6O5S2. The first-order valence-electron chi connectivity index (χ1n) is 3.13. The van der Waals surface area contributed by atoms with Crippen LogP contribution in [0.1, 0.15) is 14.5 Å². The molecule has 0 spiro atoms. The lowest BCUT2D eigenvalue weighted by atomic mass is 10.4. The number of aryl methyl sites for hydroxylation is 1. The smallest absolute Gasteiger partial charge is 0.347 e. The maximum absolute atomic E-state index is 10.7. The summed E-state index contributed by atoms with van der Waals surface area (Å²) in [5.74, 6) is -1.36. The van der Waals surface area contributed by atoms with Gasteiger partial charge in [0.25, 0.3) is 10.1 Å². The van der Waals surface area contributed by atoms with E-state index in [0.29, 0.717) is 4.88 Å². The van der Waals surface area contributed by atoms with Gasteiger partial charge < -0.3 is 5.11 Å². The molecule has 2 N–H and O–H groups in total. The predicted molar refractivity (Wildman–Crippen MR) is 45.8 cm³/mol. The van der Waals surface area contributed by atoms with E-state index in [1.807, 2.05) is 0 Å². The lowest BCUT2D eigenvalue weighted by molar-refractivity contribution is 0.0698. The Morgan fingerprint density at radius 1 is 1.54 bits per heavy atom. The fourth-order valence-corrected chi connectivity index (χ4v) is 2.74. The minimum absolute atomic E-state index is 0.361. The summed E-state index contributed by atoms with van der Waals surface area (Å²) in [4.78, 5) is 10.1. The molecule has 13 heavy (non-hydrogen) atoms. The number of carboxylic acids is 1. The number of hydrogen-bond acceptors (Lipinski definition) is 4. The molecule has 0 amide bonds. The van der Waals surface area contributed by atoms with Gasteiger partial charge in [0.1, 0.15) is 9.77 Å². The number of hydrogen-bond donors (Lipinski definition) is 2. The van der Waals surface area contributed by atoms with Gasteiger partial charge in [-0.2, -0.15) is 8.42 Å². The second-order valence-corrected chi connectivity index (χ2v) is 4.98. The van der Waals surface area contributed by atoms with E-state index in [4.69, 9.17) is 9.66 Å². The summed E-state index contributed by atoms with van der Waals surface area (Å²) in [6.45, 7) is 1.56. The van der Waals surface area contributed by atoms with Crippen molar-refractivity contribution in [2.45, 2.75) is 11.8 Å². The first kappa shape index (κ1) is 10.2. The van der Waals surface area contributed by atoms with Gasteiger partial charge in [0.15, 0.2) is 0 Å². The maximum Gasteiger partial charge on any atom is 0.347 e. The average molecular weight is 222 g/mol. The van der Waals surface area contributed by atoms with Gasteiger partial charge in [-0.1, -0.05) is 0 Å². The SMILES string of the molecule is Cc1cc(S(=O)(=O)O)c(C(=O)O)s1. The summed E-state index contributed by atoms with van der Waals surface area (Å²) in [6.07, 6.45) is 0. The Hall–Kier alpha value is -0.920. The van der Waals surface area contributed by atoms with Gasteiger partial charge in [-0.05, 0) is 13.0 Å². The predicted octanol–water partition coefficient (Wildman–Crippen LogP) is 1.00. The van der Waals surface area contributed by atoms with Gasteiger partial charge >= 0.3 is 5.97 Å². The Labute approximate surface area is 78.4 Å². The van der Waals surface area contributed by atoms with E-state index in [1.165, 1.54) is 0 Å². The topological polar surface area (TPSA) is 91.7 Å². The van der Waals surface area contributed by atoms with E-state index in [0.717, 1.165) is 17.4 Å². The Morgan fingerprint density at radius 2 is 2.08 bits per heavy atom. The van der Waals surface area contributed by atoms with Gasteiger partial charge in [0.2, 0.25) is 0 Å². The first-order chi connectivity index (χ1) is 5.82. The molecule has 0 bridgehead atoms. The Balaban J connectivity index is 3.46. The summed E-state index contributed by atoms with van der Waals surface area (Å²) in [5.41, 5.74) is 0. The zero-order valence-corrected chi connectivity index (χ0v) is 8.15. The molecule has 1 aromatic heterocycles. The lowest BCUT2D eigenvalue weighted by Crippen LogP contribution is -2.03. The molecule has 0 radical (unpaired) electrons. The highest BCUT2D eigenvalue weighted by Crippen LogP contribution is 2.25. The van der Waals surface area contributed by atoms with Crippen molar-refractivity contribution in [2.75, 3.05) is 0 Å². The van der Waals surface area contributed by atoms with Crippen molar-refractivity contribution in [3.8, 4) is 0 Å². The summed E-state index contributed by atoms with van der Waals surface area (Å²) in [7, 11) is -4.43. The van der Waals surface area contributed by atoms with E-state index >= 15 is 0 Å². The molecule has 0 aromatic carbocycles. The van der Waals surface area contributed by atoms with E-state index in [9.17, 15) is 13.2 Å². The summed E-state index contributed by atoms with van der Waals surface area (Å²) in [6, 6.07) is 1.13. The standard InChI is InChI=1S/C6H6O5S2/c1-3-2-4(13(9,10)11)5(12-3)6(7)8/h2H,1H3,(H,7,8)(H,9,10,11). The third kappa shape index (κ3) is 2.06. The molecule has 1 heterocycles. The quantitative estimate of drug-likeness (QED) is 0.728. The van der Waals surface area contributed by atoms with Crippen LogP contribution in [0.3, 0.4) is 0 Å². The molecule has 0 fully saturated rings. The fraction of sp³-hybridized carbons (Fsp3) is 0.167. The van der Waals surface area contributed by atoms with Crippen LogP contribution in [0.2, 0.25) is 0 Å². The van der Waals surface area contributed by atoms with Crippen molar-refractivity contribution in [3.05, 3.63) is 15.8 Å². The van der Waals surface area contributed by atoms with Gasteiger partial charge in [-0.15, -0.1) is 11.3 Å². The number of carbonyl (C=O) groups is 1. The number of rotatable bonds is 2. The largest absolute Gasteiger partial charge is 0.477 e. The third-order valence-electron chi connectivity index (χ3n) is 1.29. The highest BCUT2D eigenvalue weighted by atomic mass is 32.2. The molecule has 0 saturated heterocycles. The number of aromatic carboxylic acids is 1. The van der Waals surface area contributed by atoms with Crippen molar-refractivity contribution in [3.63, 3.8) is 0 Å². The van der Waals surface area contributed by atoms with Crippen LogP contribution in [0.25, 0.3) is 0 Å². The molecule has 0 atom stereocenters. The van der Waals surface area contributed by atoms with Gasteiger partial charge in [-0.25, -0.2) is 4.79 Å². The number of thiophene rings is 1. The minimum Gasteiger partial charge on any atom is -0.477 e. The van der Waals surface area contributed by atoms with Gasteiger partial charge in [0.05, 0.1) is 0 Å². The van der Waals surface area contributed by atoms with E-state index < -0.39 is 21.0 Å². The second-order valence-electron chi connectivity index (χ2n) is 2.33. The number of carboxylic acid groups (broad SMARTS) is 1. The normalized spacial score (nSPS) is 11.5. The van der Waals surface area contributed by atoms with Crippen molar-refractivity contribution in [1.82, 2.24) is 0 Å². The monoisotopic (exact) mass is 222 g/mol. The van der Waals surface area contributed by atoms with Crippen molar-refractivity contribution in [2.24, 2.45) is 0 Å². The lowest BCUT2D eigenvalue weighted by Gasteiger charge is -1.93. The summed E-state index contributed by atoms with van der Waals surface area (Å²) >= 11 is 0.811. The maximum atomic E-state index is 10.7. The van der Waals surface area contributed by atoms with Crippen LogP contribution in [-0.2, 0) is 10.1 Å².